The van der Waals surface area contributed by atoms with E-state index >= 15 is 4.39 Å². The van der Waals surface area contributed by atoms with Crippen molar-refractivity contribution in [2.75, 3.05) is 10.6 Å². The number of nitrogens with zero attached hydrogens (tertiary/aromatic N) is 2. The molecule has 0 saturated carbocycles. The van der Waals surface area contributed by atoms with Crippen molar-refractivity contribution in [3.05, 3.63) is 94.4 Å². The molecule has 2 heterocycles. The van der Waals surface area contributed by atoms with Crippen molar-refractivity contribution < 1.29 is 14.0 Å². The van der Waals surface area contributed by atoms with E-state index in [4.69, 9.17) is 5.41 Å². The third kappa shape index (κ3) is 7.07. The Kier molecular flexibility index (Phi) is 8.68. The van der Waals surface area contributed by atoms with Crippen LogP contribution in [0.15, 0.2) is 82.5 Å². The van der Waals surface area contributed by atoms with Crippen LogP contribution in [0, 0.1) is 23.6 Å². The molecule has 0 fully saturated rings. The molecule has 0 atom stereocenters. The highest BCUT2D eigenvalue weighted by Crippen LogP contribution is 2.32. The Bertz CT molecular complexity index is 1850. The molecule has 0 bridgehead atoms. The smallest absolute Gasteiger partial charge is 0.309 e. The highest BCUT2D eigenvalue weighted by molar-refractivity contribution is 7.08. The average molecular weight is 610 g/mol. The minimum atomic E-state index is -0.511. The monoisotopic (exact) mass is 609 g/mol. The summed E-state index contributed by atoms with van der Waals surface area (Å²) in [4.78, 5) is 30.0. The number of urea groups is 1. The molecule has 2 aromatic heterocycles. The average Bonchev–Trinajstić information content (AvgIpc) is 3.66. The lowest BCUT2D eigenvalue weighted by atomic mass is 9.88. The molecular formula is C33H32FN7O2S. The zero-order chi connectivity index (χ0) is 31.4. The topological polar surface area (TPSA) is 135 Å². The van der Waals surface area contributed by atoms with Gasteiger partial charge in [0.1, 0.15) is 11.4 Å². The van der Waals surface area contributed by atoms with Gasteiger partial charge in [-0.15, -0.1) is 0 Å². The first-order valence-corrected chi connectivity index (χ1v) is 14.8. The number of anilines is 2. The number of H-pyrrole nitrogens is 1. The van der Waals surface area contributed by atoms with E-state index in [2.05, 4.69) is 31.1 Å². The number of hydrogen-bond donors (Lipinski definition) is 5. The highest BCUT2D eigenvalue weighted by Gasteiger charge is 2.21. The number of fused-ring (bicyclic) bond motifs is 1. The summed E-state index contributed by atoms with van der Waals surface area (Å²) >= 11 is 1.41. The number of benzene rings is 3. The van der Waals surface area contributed by atoms with E-state index in [1.165, 1.54) is 11.3 Å². The summed E-state index contributed by atoms with van der Waals surface area (Å²) in [5, 5.41) is 27.5. The van der Waals surface area contributed by atoms with Gasteiger partial charge < -0.3 is 16.0 Å². The number of thiophene rings is 1. The number of carbonyl (C=O) groups excluding carboxylic acids is 2. The van der Waals surface area contributed by atoms with Gasteiger partial charge in [-0.1, -0.05) is 56.7 Å². The lowest BCUT2D eigenvalue weighted by Crippen LogP contribution is -2.37. The Labute approximate surface area is 258 Å². The molecule has 0 unspecified atom stereocenters. The SMILES string of the molecule is Cc1ccc(N=C(CC(=N)C(C)(C)C)NC(=O)Nc2ccc(-c3ccc4c(NC(=O)c5ccsc5)n[nH]c4c3F)cc2)cc1. The molecule has 5 rings (SSSR count). The van der Waals surface area contributed by atoms with Gasteiger partial charge in [-0.3, -0.25) is 15.2 Å². The molecule has 0 radical (unpaired) electrons. The molecule has 9 nitrogen and oxygen atoms in total. The van der Waals surface area contributed by atoms with Crippen LogP contribution in [-0.2, 0) is 0 Å². The number of aromatic nitrogens is 2. The number of nitrogens with one attached hydrogen (secondary N) is 5. The lowest BCUT2D eigenvalue weighted by molar-refractivity contribution is 0.102. The van der Waals surface area contributed by atoms with Gasteiger partial charge in [0, 0.05) is 34.1 Å². The Morgan fingerprint density at radius 1 is 1.00 bits per heavy atom. The highest BCUT2D eigenvalue weighted by atomic mass is 32.1. The van der Waals surface area contributed by atoms with Crippen LogP contribution in [0.5, 0.6) is 0 Å². The summed E-state index contributed by atoms with van der Waals surface area (Å²) in [7, 11) is 0. The van der Waals surface area contributed by atoms with Crippen LogP contribution >= 0.6 is 11.3 Å². The van der Waals surface area contributed by atoms with Crippen LogP contribution < -0.4 is 16.0 Å². The summed E-state index contributed by atoms with van der Waals surface area (Å²) in [5.41, 5.74) is 3.91. The number of aromatic amines is 1. The van der Waals surface area contributed by atoms with Gasteiger partial charge in [-0.05, 0) is 59.7 Å². The molecule has 0 aliphatic carbocycles. The second-order valence-corrected chi connectivity index (χ2v) is 12.1. The molecule has 44 heavy (non-hydrogen) atoms. The molecule has 0 spiro atoms. The third-order valence-electron chi connectivity index (χ3n) is 6.95. The van der Waals surface area contributed by atoms with Crippen molar-refractivity contribution in [2.24, 2.45) is 10.4 Å². The van der Waals surface area contributed by atoms with E-state index in [1.54, 1.807) is 53.2 Å². The van der Waals surface area contributed by atoms with E-state index in [1.807, 2.05) is 52.0 Å². The summed E-state index contributed by atoms with van der Waals surface area (Å²) in [6.45, 7) is 7.80. The molecular weight excluding hydrogens is 577 g/mol. The number of halogens is 1. The van der Waals surface area contributed by atoms with Gasteiger partial charge in [0.15, 0.2) is 11.6 Å². The van der Waals surface area contributed by atoms with E-state index in [0.29, 0.717) is 45.0 Å². The zero-order valence-electron chi connectivity index (χ0n) is 24.7. The Morgan fingerprint density at radius 2 is 1.73 bits per heavy atom. The molecule has 0 saturated heterocycles. The Morgan fingerprint density at radius 3 is 2.39 bits per heavy atom. The molecule has 0 aliphatic rings. The van der Waals surface area contributed by atoms with Gasteiger partial charge >= 0.3 is 6.03 Å². The molecule has 0 aliphatic heterocycles. The van der Waals surface area contributed by atoms with Crippen molar-refractivity contribution >= 4 is 62.9 Å². The molecule has 5 aromatic rings. The number of rotatable bonds is 7. The normalized spacial score (nSPS) is 11.8. The maximum Gasteiger partial charge on any atom is 0.324 e. The summed E-state index contributed by atoms with van der Waals surface area (Å²) in [5.74, 6) is -0.237. The van der Waals surface area contributed by atoms with E-state index in [0.717, 1.165) is 5.56 Å². The first-order valence-electron chi connectivity index (χ1n) is 13.9. The predicted octanol–water partition coefficient (Wildman–Crippen LogP) is 8.30. The van der Waals surface area contributed by atoms with Crippen LogP contribution in [0.4, 0.5) is 26.4 Å². The molecule has 3 aromatic carbocycles. The predicted molar refractivity (Wildman–Crippen MR) is 176 cm³/mol. The second kappa shape index (κ2) is 12.6. The van der Waals surface area contributed by atoms with E-state index < -0.39 is 11.8 Å². The second-order valence-electron chi connectivity index (χ2n) is 11.3. The van der Waals surface area contributed by atoms with Gasteiger partial charge in [0.25, 0.3) is 5.91 Å². The van der Waals surface area contributed by atoms with Crippen molar-refractivity contribution in [1.29, 1.82) is 5.41 Å². The van der Waals surface area contributed by atoms with Crippen molar-refractivity contribution in [1.82, 2.24) is 15.5 Å². The number of carbonyl (C=O) groups is 2. The number of aliphatic imine (C=N–C) groups is 1. The Balaban J connectivity index is 1.29. The fraction of sp³-hybridized carbons (Fsp3) is 0.182. The third-order valence-corrected chi connectivity index (χ3v) is 7.63. The minimum absolute atomic E-state index is 0.172. The number of amidine groups is 1. The first kappa shape index (κ1) is 30.3. The quantitative estimate of drug-likeness (QED) is 0.0938. The number of amides is 3. The summed E-state index contributed by atoms with van der Waals surface area (Å²) in [6.07, 6.45) is 0.179. The number of hydrogen-bond acceptors (Lipinski definition) is 6. The van der Waals surface area contributed by atoms with Gasteiger partial charge in [-0.25, -0.2) is 14.2 Å². The molecule has 3 amide bonds. The van der Waals surface area contributed by atoms with E-state index in [-0.39, 0.29) is 29.1 Å². The summed E-state index contributed by atoms with van der Waals surface area (Å²) in [6, 6.07) is 18.8. The maximum atomic E-state index is 15.5. The van der Waals surface area contributed by atoms with Crippen molar-refractivity contribution in [3.8, 4) is 11.1 Å². The van der Waals surface area contributed by atoms with Crippen LogP contribution in [-0.4, -0.2) is 33.7 Å². The van der Waals surface area contributed by atoms with Crippen molar-refractivity contribution in [2.45, 2.75) is 34.1 Å². The standard InChI is InChI=1S/C33H32FN7O2S/c1-19-5-9-22(10-6-19)36-27(17-26(35)33(2,3)4)38-32(43)37-23-11-7-20(8-12-23)24-13-14-25-29(28(24)34)40-41-30(25)39-31(42)21-15-16-44-18-21/h5-16,18,35H,17H2,1-4H3,(H2,36,37,38,43)(H2,39,40,41,42). The number of aryl methyl sites for hydroxylation is 1. The summed E-state index contributed by atoms with van der Waals surface area (Å²) < 4.78 is 15.5. The van der Waals surface area contributed by atoms with E-state index in [9.17, 15) is 9.59 Å². The Hall–Kier alpha value is -5.16. The maximum absolute atomic E-state index is 15.5. The fourth-order valence-corrected chi connectivity index (χ4v) is 4.93. The minimum Gasteiger partial charge on any atom is -0.309 e. The lowest BCUT2D eigenvalue weighted by Gasteiger charge is -2.21. The van der Waals surface area contributed by atoms with Gasteiger partial charge in [0.05, 0.1) is 11.3 Å². The van der Waals surface area contributed by atoms with Gasteiger partial charge in [-0.2, -0.15) is 16.4 Å². The van der Waals surface area contributed by atoms with Crippen LogP contribution in [0.25, 0.3) is 22.0 Å². The van der Waals surface area contributed by atoms with Crippen molar-refractivity contribution in [3.63, 3.8) is 0 Å². The first-order chi connectivity index (χ1) is 21.0. The molecule has 224 valence electrons. The van der Waals surface area contributed by atoms with Crippen LogP contribution in [0.3, 0.4) is 0 Å². The van der Waals surface area contributed by atoms with Crippen LogP contribution in [0.2, 0.25) is 0 Å². The fourth-order valence-electron chi connectivity index (χ4n) is 4.29. The van der Waals surface area contributed by atoms with Gasteiger partial charge in [0.2, 0.25) is 0 Å². The zero-order valence-corrected chi connectivity index (χ0v) is 25.5. The molecule has 11 heteroatoms. The molecule has 5 N–H and O–H groups in total. The largest absolute Gasteiger partial charge is 0.324 e. The van der Waals surface area contributed by atoms with Crippen LogP contribution in [0.1, 0.15) is 43.1 Å².